The largest absolute Gasteiger partial charge is 0.478 e. The van der Waals surface area contributed by atoms with Gasteiger partial charge in [0.05, 0.1) is 5.56 Å². The van der Waals surface area contributed by atoms with E-state index in [1.165, 1.54) is 17.0 Å². The lowest BCUT2D eigenvalue weighted by Crippen LogP contribution is -1.97. The van der Waals surface area contributed by atoms with Crippen LogP contribution in [0.2, 0.25) is 0 Å². The first kappa shape index (κ1) is 7.78. The van der Waals surface area contributed by atoms with Crippen molar-refractivity contribution in [2.75, 3.05) is 0 Å². The molecular weight excluding hydrogens is 149 g/mol. The minimum absolute atomic E-state index is 0.0370. The minimum atomic E-state index is -1.08. The van der Waals surface area contributed by atoms with E-state index >= 15 is 0 Å². The second kappa shape index (κ2) is 2.74. The molecule has 0 aliphatic rings. The minimum Gasteiger partial charge on any atom is -0.478 e. The lowest BCUT2D eigenvalue weighted by atomic mass is 10.2. The average Bonchev–Trinajstić information content (AvgIpc) is 2.30. The number of carbonyl (C=O) groups is 1. The van der Waals surface area contributed by atoms with Gasteiger partial charge >= 0.3 is 5.97 Å². The average molecular weight is 157 g/mol. The van der Waals surface area contributed by atoms with Crippen molar-refractivity contribution in [3.63, 3.8) is 0 Å². The molecule has 1 heterocycles. The molecule has 11 heavy (non-hydrogen) atoms. The number of alkyl halides is 1. The maximum Gasteiger partial charge on any atom is 0.337 e. The highest BCUT2D eigenvalue weighted by molar-refractivity contribution is 5.89. The van der Waals surface area contributed by atoms with E-state index in [1.54, 1.807) is 7.05 Å². The Labute approximate surface area is 63.1 Å². The van der Waals surface area contributed by atoms with E-state index in [1.807, 2.05) is 0 Å². The number of aromatic carboxylic acids is 1. The summed E-state index contributed by atoms with van der Waals surface area (Å²) in [6.45, 7) is -0.734. The molecule has 0 bridgehead atoms. The van der Waals surface area contributed by atoms with Crippen LogP contribution in [0.4, 0.5) is 4.39 Å². The molecule has 0 spiro atoms. The first-order valence-electron chi connectivity index (χ1n) is 3.09. The number of aryl methyl sites for hydroxylation is 1. The van der Waals surface area contributed by atoms with Gasteiger partial charge in [-0.05, 0) is 0 Å². The van der Waals surface area contributed by atoms with Crippen molar-refractivity contribution in [1.82, 2.24) is 4.57 Å². The van der Waals surface area contributed by atoms with E-state index < -0.39 is 12.6 Å². The molecule has 0 atom stereocenters. The Kier molecular flexibility index (Phi) is 1.94. The van der Waals surface area contributed by atoms with Gasteiger partial charge in [-0.2, -0.15) is 0 Å². The number of aromatic nitrogens is 1. The van der Waals surface area contributed by atoms with E-state index in [4.69, 9.17) is 5.11 Å². The Bertz CT molecular complexity index is 280. The second-order valence-corrected chi connectivity index (χ2v) is 2.30. The molecular formula is C7H8FNO2. The smallest absolute Gasteiger partial charge is 0.337 e. The van der Waals surface area contributed by atoms with Gasteiger partial charge in [0.1, 0.15) is 6.67 Å². The van der Waals surface area contributed by atoms with Crippen LogP contribution in [-0.2, 0) is 13.7 Å². The van der Waals surface area contributed by atoms with Gasteiger partial charge in [-0.15, -0.1) is 0 Å². The molecule has 0 aliphatic heterocycles. The molecule has 1 N–H and O–H groups in total. The van der Waals surface area contributed by atoms with Crippen LogP contribution in [0.3, 0.4) is 0 Å². The summed E-state index contributed by atoms with van der Waals surface area (Å²) >= 11 is 0. The van der Waals surface area contributed by atoms with Crippen LogP contribution in [0.15, 0.2) is 12.4 Å². The van der Waals surface area contributed by atoms with Gasteiger partial charge in [-0.3, -0.25) is 0 Å². The van der Waals surface area contributed by atoms with Gasteiger partial charge in [0.2, 0.25) is 0 Å². The summed E-state index contributed by atoms with van der Waals surface area (Å²) in [5.74, 6) is -1.08. The maximum atomic E-state index is 12.1. The highest BCUT2D eigenvalue weighted by Gasteiger charge is 2.11. The lowest BCUT2D eigenvalue weighted by Gasteiger charge is -1.89. The Balaban J connectivity index is 3.12. The normalized spacial score (nSPS) is 10.0. The van der Waals surface area contributed by atoms with E-state index in [0.29, 0.717) is 0 Å². The summed E-state index contributed by atoms with van der Waals surface area (Å²) in [4.78, 5) is 10.4. The fourth-order valence-corrected chi connectivity index (χ4v) is 0.938. The van der Waals surface area contributed by atoms with Gasteiger partial charge in [-0.25, -0.2) is 9.18 Å². The second-order valence-electron chi connectivity index (χ2n) is 2.30. The topological polar surface area (TPSA) is 42.2 Å². The quantitative estimate of drug-likeness (QED) is 0.700. The fraction of sp³-hybridized carbons (Fsp3) is 0.286. The highest BCUT2D eigenvalue weighted by Crippen LogP contribution is 2.10. The number of hydrogen-bond donors (Lipinski definition) is 1. The molecule has 0 fully saturated rings. The standard InChI is InChI=1S/C7H8FNO2/c1-9-3-5(2-8)6(4-9)7(10)11/h3-4H,2H2,1H3,(H,10,11). The Hall–Kier alpha value is -1.32. The van der Waals surface area contributed by atoms with Crippen LogP contribution in [0.1, 0.15) is 15.9 Å². The number of halogens is 1. The number of rotatable bonds is 2. The zero-order valence-electron chi connectivity index (χ0n) is 6.04. The van der Waals surface area contributed by atoms with Gasteiger partial charge < -0.3 is 9.67 Å². The number of carboxylic acids is 1. The Morgan fingerprint density at radius 1 is 1.73 bits per heavy atom. The fourth-order valence-electron chi connectivity index (χ4n) is 0.938. The molecule has 60 valence electrons. The first-order valence-corrected chi connectivity index (χ1v) is 3.09. The van der Waals surface area contributed by atoms with Crippen molar-refractivity contribution in [2.24, 2.45) is 7.05 Å². The summed E-state index contributed by atoms with van der Waals surface area (Å²) in [6, 6.07) is 0. The molecule has 0 unspecified atom stereocenters. The zero-order valence-corrected chi connectivity index (χ0v) is 6.04. The third-order valence-electron chi connectivity index (χ3n) is 1.41. The molecule has 3 nitrogen and oxygen atoms in total. The highest BCUT2D eigenvalue weighted by atomic mass is 19.1. The van der Waals surface area contributed by atoms with Crippen LogP contribution in [0, 0.1) is 0 Å². The predicted molar refractivity (Wildman–Crippen MR) is 37.2 cm³/mol. The van der Waals surface area contributed by atoms with E-state index in [9.17, 15) is 9.18 Å². The molecule has 1 aromatic rings. The SMILES string of the molecule is Cn1cc(CF)c(C(=O)O)c1. The Morgan fingerprint density at radius 2 is 2.36 bits per heavy atom. The zero-order chi connectivity index (χ0) is 8.43. The monoisotopic (exact) mass is 157 g/mol. The van der Waals surface area contributed by atoms with Crippen molar-refractivity contribution in [3.05, 3.63) is 23.5 Å². The van der Waals surface area contributed by atoms with Gasteiger partial charge in [0.15, 0.2) is 0 Å². The predicted octanol–water partition coefficient (Wildman–Crippen LogP) is 1.19. The van der Waals surface area contributed by atoms with Crippen LogP contribution >= 0.6 is 0 Å². The molecule has 0 radical (unpaired) electrons. The lowest BCUT2D eigenvalue weighted by molar-refractivity contribution is 0.0695. The van der Waals surface area contributed by atoms with Crippen LogP contribution < -0.4 is 0 Å². The summed E-state index contributed by atoms with van der Waals surface area (Å²) in [5.41, 5.74) is 0.259. The van der Waals surface area contributed by atoms with Gasteiger partial charge in [0.25, 0.3) is 0 Å². The van der Waals surface area contributed by atoms with Crippen LogP contribution in [0.25, 0.3) is 0 Å². The van der Waals surface area contributed by atoms with Crippen LogP contribution in [-0.4, -0.2) is 15.6 Å². The maximum absolute atomic E-state index is 12.1. The molecule has 0 aliphatic carbocycles. The molecule has 1 aromatic heterocycles. The molecule has 1 rings (SSSR count). The summed E-state index contributed by atoms with van der Waals surface area (Å²) < 4.78 is 13.6. The Morgan fingerprint density at radius 3 is 2.73 bits per heavy atom. The van der Waals surface area contributed by atoms with E-state index in [0.717, 1.165) is 0 Å². The van der Waals surface area contributed by atoms with Gasteiger partial charge in [-0.1, -0.05) is 0 Å². The number of carboxylic acid groups (broad SMARTS) is 1. The summed E-state index contributed by atoms with van der Waals surface area (Å²) in [5, 5.41) is 8.53. The van der Waals surface area contributed by atoms with E-state index in [-0.39, 0.29) is 11.1 Å². The first-order chi connectivity index (χ1) is 5.15. The third-order valence-corrected chi connectivity index (χ3v) is 1.41. The van der Waals surface area contributed by atoms with Crippen molar-refractivity contribution < 1.29 is 14.3 Å². The molecule has 0 saturated carbocycles. The van der Waals surface area contributed by atoms with Gasteiger partial charge in [0, 0.05) is 25.0 Å². The number of hydrogen-bond acceptors (Lipinski definition) is 1. The summed E-state index contributed by atoms with van der Waals surface area (Å²) in [7, 11) is 1.66. The molecule has 4 heteroatoms. The number of nitrogens with zero attached hydrogens (tertiary/aromatic N) is 1. The van der Waals surface area contributed by atoms with Crippen LogP contribution in [0.5, 0.6) is 0 Å². The van der Waals surface area contributed by atoms with Crippen molar-refractivity contribution in [1.29, 1.82) is 0 Å². The van der Waals surface area contributed by atoms with Crippen molar-refractivity contribution in [2.45, 2.75) is 6.67 Å². The molecule has 0 saturated heterocycles. The third kappa shape index (κ3) is 1.39. The molecule has 0 aromatic carbocycles. The van der Waals surface area contributed by atoms with E-state index in [2.05, 4.69) is 0 Å². The van der Waals surface area contributed by atoms with Crippen molar-refractivity contribution >= 4 is 5.97 Å². The van der Waals surface area contributed by atoms with Crippen molar-refractivity contribution in [3.8, 4) is 0 Å². The summed E-state index contributed by atoms with van der Waals surface area (Å²) in [6.07, 6.45) is 2.85. The molecule has 0 amide bonds.